The van der Waals surface area contributed by atoms with Crippen LogP contribution in [0.4, 0.5) is 5.95 Å². The molecule has 0 amide bonds. The van der Waals surface area contributed by atoms with Crippen LogP contribution in [0.1, 0.15) is 5.56 Å². The fraction of sp³-hybridized carbons (Fsp3) is 0.0435. The lowest BCUT2D eigenvalue weighted by molar-refractivity contribution is 0.618. The first-order chi connectivity index (χ1) is 13.8. The van der Waals surface area contributed by atoms with E-state index in [2.05, 4.69) is 26.6 Å². The molecule has 2 aromatic heterocycles. The average molecular weight is 366 g/mol. The molecule has 0 radical (unpaired) electrons. The topological polar surface area (TPSA) is 66.2 Å². The molecule has 28 heavy (non-hydrogen) atoms. The zero-order valence-corrected chi connectivity index (χ0v) is 15.3. The van der Waals surface area contributed by atoms with E-state index in [1.54, 1.807) is 0 Å². The van der Waals surface area contributed by atoms with Crippen molar-refractivity contribution in [2.24, 2.45) is 5.10 Å². The Morgan fingerprint density at radius 2 is 1.75 bits per heavy atom. The molecule has 0 spiro atoms. The highest BCUT2D eigenvalue weighted by atomic mass is 16.3. The van der Waals surface area contributed by atoms with Crippen molar-refractivity contribution in [3.05, 3.63) is 89.8 Å². The average Bonchev–Trinajstić information content (AvgIpc) is 3.15. The van der Waals surface area contributed by atoms with Crippen molar-refractivity contribution in [3.63, 3.8) is 0 Å². The van der Waals surface area contributed by atoms with Crippen LogP contribution in [0, 0.1) is 6.92 Å². The molecule has 0 atom stereocenters. The van der Waals surface area contributed by atoms with E-state index in [-0.39, 0.29) is 0 Å². The maximum absolute atomic E-state index is 6.16. The minimum Gasteiger partial charge on any atom is -0.456 e. The van der Waals surface area contributed by atoms with Crippen LogP contribution in [0.3, 0.4) is 0 Å². The predicted molar refractivity (Wildman–Crippen MR) is 112 cm³/mol. The van der Waals surface area contributed by atoms with Gasteiger partial charge >= 0.3 is 0 Å². The summed E-state index contributed by atoms with van der Waals surface area (Å²) >= 11 is 0. The Hall–Kier alpha value is -3.86. The first kappa shape index (κ1) is 16.3. The van der Waals surface area contributed by atoms with Crippen LogP contribution in [0.2, 0.25) is 0 Å². The van der Waals surface area contributed by atoms with Gasteiger partial charge in [-0.3, -0.25) is 0 Å². The lowest BCUT2D eigenvalue weighted by Crippen LogP contribution is -2.08. The molecule has 0 fully saturated rings. The molecule has 5 aromatic rings. The number of nitrogens with zero attached hydrogens (tertiary/aromatic N) is 2. The summed E-state index contributed by atoms with van der Waals surface area (Å²) in [4.78, 5) is 7.75. The standard InChI is InChI=1S/C23H18N4O/c1-15-11-12-17-20(26-27-23-24-18-9-5-6-10-19(18)25-23)14-21(28-22(17)13-15)16-7-3-2-4-8-16/h2-14H,1H3,(H2,24,25,27)/b26-20+. The molecule has 0 aliphatic carbocycles. The van der Waals surface area contributed by atoms with E-state index in [9.17, 15) is 0 Å². The number of benzene rings is 3. The third kappa shape index (κ3) is 3.03. The number of imidazole rings is 1. The molecule has 0 bridgehead atoms. The monoisotopic (exact) mass is 366 g/mol. The van der Waals surface area contributed by atoms with Crippen molar-refractivity contribution in [1.29, 1.82) is 0 Å². The van der Waals surface area contributed by atoms with Crippen LogP contribution in [-0.4, -0.2) is 9.97 Å². The molecule has 0 aliphatic rings. The minimum atomic E-state index is 0.600. The fourth-order valence-corrected chi connectivity index (χ4v) is 3.23. The Morgan fingerprint density at radius 3 is 2.61 bits per heavy atom. The van der Waals surface area contributed by atoms with Crippen LogP contribution < -0.4 is 10.8 Å². The second kappa shape index (κ2) is 6.70. The summed E-state index contributed by atoms with van der Waals surface area (Å²) in [6, 6.07) is 26.0. The molecule has 136 valence electrons. The Kier molecular flexibility index (Phi) is 3.91. The summed E-state index contributed by atoms with van der Waals surface area (Å²) in [6.45, 7) is 2.05. The largest absolute Gasteiger partial charge is 0.456 e. The number of para-hydroxylation sites is 2. The number of aromatic nitrogens is 2. The van der Waals surface area contributed by atoms with E-state index >= 15 is 0 Å². The number of anilines is 1. The van der Waals surface area contributed by atoms with E-state index in [0.29, 0.717) is 5.95 Å². The SMILES string of the molecule is Cc1ccc2/c(=N/Nc3nc4ccccc4[nH]3)cc(-c3ccccc3)oc2c1. The van der Waals surface area contributed by atoms with Crippen LogP contribution in [-0.2, 0) is 0 Å². The number of hydrogen-bond donors (Lipinski definition) is 2. The number of aromatic amines is 1. The number of aryl methyl sites for hydroxylation is 1. The predicted octanol–water partition coefficient (Wildman–Crippen LogP) is 5.21. The normalized spacial score (nSPS) is 12.0. The minimum absolute atomic E-state index is 0.600. The van der Waals surface area contributed by atoms with Gasteiger partial charge in [-0.05, 0) is 36.8 Å². The summed E-state index contributed by atoms with van der Waals surface area (Å²) < 4.78 is 6.16. The zero-order chi connectivity index (χ0) is 18.9. The van der Waals surface area contributed by atoms with Gasteiger partial charge in [-0.2, -0.15) is 5.10 Å². The smallest absolute Gasteiger partial charge is 0.222 e. The lowest BCUT2D eigenvalue weighted by atomic mass is 10.1. The van der Waals surface area contributed by atoms with Gasteiger partial charge in [-0.1, -0.05) is 48.5 Å². The fourth-order valence-electron chi connectivity index (χ4n) is 3.23. The molecule has 5 heteroatoms. The number of nitrogens with one attached hydrogen (secondary N) is 2. The Bertz CT molecular complexity index is 1320. The maximum atomic E-state index is 6.16. The van der Waals surface area contributed by atoms with Crippen molar-refractivity contribution >= 4 is 28.0 Å². The molecule has 0 saturated carbocycles. The zero-order valence-electron chi connectivity index (χ0n) is 15.3. The van der Waals surface area contributed by atoms with Crippen LogP contribution in [0.25, 0.3) is 33.3 Å². The van der Waals surface area contributed by atoms with E-state index in [1.807, 2.05) is 79.7 Å². The second-order valence-electron chi connectivity index (χ2n) is 6.69. The molecule has 5 nitrogen and oxygen atoms in total. The van der Waals surface area contributed by atoms with Crippen molar-refractivity contribution in [2.45, 2.75) is 6.92 Å². The molecule has 0 unspecified atom stereocenters. The van der Waals surface area contributed by atoms with Crippen LogP contribution in [0.15, 0.2) is 88.4 Å². The Morgan fingerprint density at radius 1 is 0.929 bits per heavy atom. The van der Waals surface area contributed by atoms with Crippen LogP contribution >= 0.6 is 0 Å². The highest BCUT2D eigenvalue weighted by Crippen LogP contribution is 2.22. The molecule has 3 aromatic carbocycles. The van der Waals surface area contributed by atoms with Gasteiger partial charge in [0.05, 0.1) is 16.4 Å². The molecular weight excluding hydrogens is 348 g/mol. The molecular formula is C23H18N4O. The number of fused-ring (bicyclic) bond motifs is 2. The highest BCUT2D eigenvalue weighted by molar-refractivity contribution is 5.79. The van der Waals surface area contributed by atoms with Gasteiger partial charge in [0.2, 0.25) is 5.95 Å². The van der Waals surface area contributed by atoms with Gasteiger partial charge in [-0.25, -0.2) is 10.4 Å². The molecule has 0 aliphatic heterocycles. The summed E-state index contributed by atoms with van der Waals surface area (Å²) in [6.07, 6.45) is 0. The molecule has 5 rings (SSSR count). The van der Waals surface area contributed by atoms with Crippen molar-refractivity contribution in [1.82, 2.24) is 9.97 Å². The third-order valence-corrected chi connectivity index (χ3v) is 4.63. The quantitative estimate of drug-likeness (QED) is 0.431. The summed E-state index contributed by atoms with van der Waals surface area (Å²) in [7, 11) is 0. The number of hydrogen-bond acceptors (Lipinski definition) is 4. The first-order valence-electron chi connectivity index (χ1n) is 9.11. The second-order valence-corrected chi connectivity index (χ2v) is 6.69. The van der Waals surface area contributed by atoms with Gasteiger partial charge in [-0.15, -0.1) is 0 Å². The Balaban J connectivity index is 1.65. The van der Waals surface area contributed by atoms with E-state index in [1.165, 1.54) is 0 Å². The van der Waals surface area contributed by atoms with Crippen molar-refractivity contribution in [2.75, 3.05) is 5.43 Å². The van der Waals surface area contributed by atoms with E-state index in [0.717, 1.165) is 44.2 Å². The van der Waals surface area contributed by atoms with Gasteiger partial charge in [0, 0.05) is 17.0 Å². The summed E-state index contributed by atoms with van der Waals surface area (Å²) in [5.74, 6) is 1.37. The van der Waals surface area contributed by atoms with Gasteiger partial charge in [0.15, 0.2) is 0 Å². The van der Waals surface area contributed by atoms with Crippen molar-refractivity contribution < 1.29 is 4.42 Å². The number of rotatable bonds is 3. The highest BCUT2D eigenvalue weighted by Gasteiger charge is 2.07. The van der Waals surface area contributed by atoms with Crippen molar-refractivity contribution in [3.8, 4) is 11.3 Å². The maximum Gasteiger partial charge on any atom is 0.222 e. The molecule has 2 N–H and O–H groups in total. The lowest BCUT2D eigenvalue weighted by Gasteiger charge is -2.06. The Labute approximate surface area is 161 Å². The van der Waals surface area contributed by atoms with E-state index in [4.69, 9.17) is 4.42 Å². The summed E-state index contributed by atoms with van der Waals surface area (Å²) in [5.41, 5.74) is 7.86. The van der Waals surface area contributed by atoms with E-state index < -0.39 is 0 Å². The van der Waals surface area contributed by atoms with Gasteiger partial charge in [0.25, 0.3) is 0 Å². The third-order valence-electron chi connectivity index (χ3n) is 4.63. The van der Waals surface area contributed by atoms with Gasteiger partial charge in [0.1, 0.15) is 11.3 Å². The first-order valence-corrected chi connectivity index (χ1v) is 9.11. The summed E-state index contributed by atoms with van der Waals surface area (Å²) in [5, 5.41) is 6.34. The van der Waals surface area contributed by atoms with Gasteiger partial charge < -0.3 is 9.40 Å². The molecule has 2 heterocycles. The van der Waals surface area contributed by atoms with Crippen LogP contribution in [0.5, 0.6) is 0 Å². The molecule has 0 saturated heterocycles. The number of H-pyrrole nitrogens is 1.